The highest BCUT2D eigenvalue weighted by atomic mass is 79.9. The summed E-state index contributed by atoms with van der Waals surface area (Å²) < 4.78 is 13.0. The average molecular weight is 365 g/mol. The highest BCUT2D eigenvalue weighted by Crippen LogP contribution is 2.17. The summed E-state index contributed by atoms with van der Waals surface area (Å²) in [5.74, 6) is 0.374. The minimum atomic E-state index is -1.20. The molecule has 4 heteroatoms. The van der Waals surface area contributed by atoms with E-state index in [9.17, 15) is 9.00 Å². The van der Waals surface area contributed by atoms with Crippen molar-refractivity contribution in [1.29, 1.82) is 0 Å². The van der Waals surface area contributed by atoms with Gasteiger partial charge in [-0.1, -0.05) is 63.5 Å². The third-order valence-corrected chi connectivity index (χ3v) is 5.01. The lowest BCUT2D eigenvalue weighted by Crippen LogP contribution is -2.13. The molecular weight excluding hydrogens is 348 g/mol. The summed E-state index contributed by atoms with van der Waals surface area (Å²) in [6.07, 6.45) is 0. The maximum Gasteiger partial charge on any atom is 0.176 e. The van der Waals surface area contributed by atoms with Crippen molar-refractivity contribution < 1.29 is 9.00 Å². The van der Waals surface area contributed by atoms with Gasteiger partial charge in [0.1, 0.15) is 0 Å². The zero-order valence-corrected chi connectivity index (χ0v) is 14.5. The molecule has 0 N–H and O–H groups in total. The Labute approximate surface area is 136 Å². The molecule has 2 aromatic rings. The highest BCUT2D eigenvalue weighted by Gasteiger charge is 2.13. The Bertz CT molecular complexity index is 675. The molecule has 0 aliphatic heterocycles. The minimum Gasteiger partial charge on any atom is -0.293 e. The third kappa shape index (κ3) is 4.61. The topological polar surface area (TPSA) is 34.1 Å². The quantitative estimate of drug-likeness (QED) is 0.745. The van der Waals surface area contributed by atoms with Crippen LogP contribution in [0.2, 0.25) is 0 Å². The second kappa shape index (κ2) is 7.14. The molecule has 0 radical (unpaired) electrons. The SMILES string of the molecule is Cc1cc(C)cc(CS(=O)CC(=O)c2ccccc2Br)c1. The number of benzene rings is 2. The van der Waals surface area contributed by atoms with Crippen molar-refractivity contribution in [3.63, 3.8) is 0 Å². The molecular formula is C17H17BrO2S. The van der Waals surface area contributed by atoms with Gasteiger partial charge < -0.3 is 0 Å². The first-order valence-corrected chi connectivity index (χ1v) is 8.93. The van der Waals surface area contributed by atoms with Gasteiger partial charge in [0.2, 0.25) is 0 Å². The molecule has 0 aromatic heterocycles. The largest absolute Gasteiger partial charge is 0.293 e. The van der Waals surface area contributed by atoms with Crippen LogP contribution in [0.25, 0.3) is 0 Å². The Kier molecular flexibility index (Phi) is 5.48. The van der Waals surface area contributed by atoms with Crippen LogP contribution in [0.4, 0.5) is 0 Å². The number of aryl methyl sites for hydroxylation is 2. The van der Waals surface area contributed by atoms with E-state index in [2.05, 4.69) is 22.0 Å². The fourth-order valence-corrected chi connectivity index (χ4v) is 3.89. The average Bonchev–Trinajstić information content (AvgIpc) is 2.37. The summed E-state index contributed by atoms with van der Waals surface area (Å²) in [4.78, 5) is 12.2. The molecule has 1 unspecified atom stereocenters. The van der Waals surface area contributed by atoms with Crippen molar-refractivity contribution in [2.45, 2.75) is 19.6 Å². The van der Waals surface area contributed by atoms with Gasteiger partial charge in [0.05, 0.1) is 5.75 Å². The molecule has 0 fully saturated rings. The predicted molar refractivity (Wildman–Crippen MR) is 91.1 cm³/mol. The highest BCUT2D eigenvalue weighted by molar-refractivity contribution is 9.10. The van der Waals surface area contributed by atoms with Crippen LogP contribution in [0.15, 0.2) is 46.9 Å². The van der Waals surface area contributed by atoms with E-state index < -0.39 is 10.8 Å². The molecule has 2 aromatic carbocycles. The number of halogens is 1. The van der Waals surface area contributed by atoms with Gasteiger partial charge in [0, 0.05) is 26.6 Å². The van der Waals surface area contributed by atoms with Gasteiger partial charge in [-0.25, -0.2) is 0 Å². The number of ketones is 1. The summed E-state index contributed by atoms with van der Waals surface area (Å²) in [5, 5.41) is 0. The molecule has 2 nitrogen and oxygen atoms in total. The maximum absolute atomic E-state index is 12.2. The van der Waals surface area contributed by atoms with Crippen LogP contribution in [0.3, 0.4) is 0 Å². The van der Waals surface area contributed by atoms with Crippen LogP contribution in [0.1, 0.15) is 27.0 Å². The fourth-order valence-electron chi connectivity index (χ4n) is 2.30. The molecule has 0 saturated heterocycles. The number of hydrogen-bond donors (Lipinski definition) is 0. The molecule has 0 saturated carbocycles. The van der Waals surface area contributed by atoms with Crippen molar-refractivity contribution >= 4 is 32.5 Å². The summed E-state index contributed by atoms with van der Waals surface area (Å²) in [5.41, 5.74) is 3.91. The first-order chi connectivity index (χ1) is 9.95. The van der Waals surface area contributed by atoms with E-state index in [0.717, 1.165) is 21.2 Å². The summed E-state index contributed by atoms with van der Waals surface area (Å²) in [6.45, 7) is 4.04. The lowest BCUT2D eigenvalue weighted by molar-refractivity contribution is 0.102. The Hall–Kier alpha value is -1.26. The Balaban J connectivity index is 2.05. The fraction of sp³-hybridized carbons (Fsp3) is 0.235. The number of hydrogen-bond acceptors (Lipinski definition) is 2. The van der Waals surface area contributed by atoms with Crippen molar-refractivity contribution in [2.75, 3.05) is 5.75 Å². The predicted octanol–water partition coefficient (Wildman–Crippen LogP) is 4.20. The van der Waals surface area contributed by atoms with Gasteiger partial charge in [-0.3, -0.25) is 9.00 Å². The van der Waals surface area contributed by atoms with E-state index in [1.807, 2.05) is 44.2 Å². The summed E-state index contributed by atoms with van der Waals surface area (Å²) in [7, 11) is -1.20. The van der Waals surface area contributed by atoms with Crippen LogP contribution < -0.4 is 0 Å². The molecule has 0 heterocycles. The van der Waals surface area contributed by atoms with Crippen molar-refractivity contribution in [3.05, 3.63) is 69.2 Å². The molecule has 2 rings (SSSR count). The number of Topliss-reactive ketones (excluding diaryl/α,β-unsaturated/α-hetero) is 1. The Morgan fingerprint density at radius 2 is 1.71 bits per heavy atom. The van der Waals surface area contributed by atoms with Gasteiger partial charge in [-0.15, -0.1) is 0 Å². The molecule has 0 aliphatic carbocycles. The van der Waals surface area contributed by atoms with E-state index in [1.54, 1.807) is 6.07 Å². The molecule has 0 bridgehead atoms. The van der Waals surface area contributed by atoms with Gasteiger partial charge in [-0.2, -0.15) is 0 Å². The Morgan fingerprint density at radius 3 is 2.33 bits per heavy atom. The molecule has 21 heavy (non-hydrogen) atoms. The van der Waals surface area contributed by atoms with Crippen LogP contribution in [-0.4, -0.2) is 15.7 Å². The van der Waals surface area contributed by atoms with Crippen molar-refractivity contribution in [2.24, 2.45) is 0 Å². The number of rotatable bonds is 5. The first-order valence-electron chi connectivity index (χ1n) is 6.65. The lowest BCUT2D eigenvalue weighted by atomic mass is 10.1. The van der Waals surface area contributed by atoms with Crippen molar-refractivity contribution in [1.82, 2.24) is 0 Å². The third-order valence-electron chi connectivity index (χ3n) is 3.08. The van der Waals surface area contributed by atoms with E-state index >= 15 is 0 Å². The molecule has 0 amide bonds. The zero-order chi connectivity index (χ0) is 15.4. The standard InChI is InChI=1S/C17H17BrO2S/c1-12-7-13(2)9-14(8-12)10-21(20)11-17(19)15-5-3-4-6-16(15)18/h3-9H,10-11H2,1-2H3. The minimum absolute atomic E-state index is 0.0512. The van der Waals surface area contributed by atoms with Crippen molar-refractivity contribution in [3.8, 4) is 0 Å². The van der Waals surface area contributed by atoms with Crippen LogP contribution in [0, 0.1) is 13.8 Å². The van der Waals surface area contributed by atoms with E-state index in [0.29, 0.717) is 11.3 Å². The second-order valence-corrected chi connectivity index (χ2v) is 7.44. The number of carbonyl (C=O) groups excluding carboxylic acids is 1. The monoisotopic (exact) mass is 364 g/mol. The van der Waals surface area contributed by atoms with E-state index in [-0.39, 0.29) is 11.5 Å². The normalized spacial score (nSPS) is 12.1. The lowest BCUT2D eigenvalue weighted by Gasteiger charge is -2.06. The summed E-state index contributed by atoms with van der Waals surface area (Å²) >= 11 is 3.35. The van der Waals surface area contributed by atoms with E-state index in [4.69, 9.17) is 0 Å². The first kappa shape index (κ1) is 16.1. The maximum atomic E-state index is 12.2. The van der Waals surface area contributed by atoms with E-state index in [1.165, 1.54) is 0 Å². The van der Waals surface area contributed by atoms with Gasteiger partial charge in [0.25, 0.3) is 0 Å². The number of carbonyl (C=O) groups is 1. The molecule has 0 spiro atoms. The second-order valence-electron chi connectivity index (χ2n) is 5.13. The molecule has 1 atom stereocenters. The van der Waals surface area contributed by atoms with Gasteiger partial charge in [-0.05, 0) is 25.5 Å². The zero-order valence-electron chi connectivity index (χ0n) is 12.1. The van der Waals surface area contributed by atoms with Gasteiger partial charge >= 0.3 is 0 Å². The molecule has 0 aliphatic rings. The summed E-state index contributed by atoms with van der Waals surface area (Å²) in [6, 6.07) is 13.4. The molecule has 110 valence electrons. The van der Waals surface area contributed by atoms with Gasteiger partial charge in [0.15, 0.2) is 5.78 Å². The smallest absolute Gasteiger partial charge is 0.176 e. The Morgan fingerprint density at radius 1 is 1.10 bits per heavy atom. The van der Waals surface area contributed by atoms with Crippen LogP contribution in [-0.2, 0) is 16.6 Å². The van der Waals surface area contributed by atoms with Crippen LogP contribution in [0.5, 0.6) is 0 Å². The van der Waals surface area contributed by atoms with Crippen LogP contribution >= 0.6 is 15.9 Å².